The first-order valence-corrected chi connectivity index (χ1v) is 10.6. The zero-order chi connectivity index (χ0) is 22.4. The molecular weight excluding hydrogens is 410 g/mol. The summed E-state index contributed by atoms with van der Waals surface area (Å²) < 4.78 is 0. The van der Waals surface area contributed by atoms with Crippen LogP contribution in [0.1, 0.15) is 24.4 Å². The molecule has 1 saturated carbocycles. The van der Waals surface area contributed by atoms with Gasteiger partial charge in [0.1, 0.15) is 5.69 Å². The third-order valence-electron chi connectivity index (χ3n) is 6.75. The number of imide groups is 1. The van der Waals surface area contributed by atoms with Crippen molar-refractivity contribution in [3.05, 3.63) is 82.4 Å². The summed E-state index contributed by atoms with van der Waals surface area (Å²) >= 11 is 0. The Labute approximate surface area is 184 Å². The van der Waals surface area contributed by atoms with Gasteiger partial charge in [0.2, 0.25) is 17.7 Å². The van der Waals surface area contributed by atoms with Gasteiger partial charge < -0.3 is 5.32 Å². The normalized spacial score (nSPS) is 26.3. The molecule has 2 bridgehead atoms. The molecule has 0 aromatic heterocycles. The number of nitrogens with zero attached hydrogens (tertiary/aromatic N) is 2. The number of carbonyl (C=O) groups is 3. The summed E-state index contributed by atoms with van der Waals surface area (Å²) in [6, 6.07) is 14.1. The van der Waals surface area contributed by atoms with Crippen molar-refractivity contribution < 1.29 is 19.3 Å². The number of hydrogen-bond acceptors (Lipinski definition) is 5. The molecule has 162 valence electrons. The lowest BCUT2D eigenvalue weighted by Crippen LogP contribution is -2.38. The highest BCUT2D eigenvalue weighted by atomic mass is 16.6. The molecule has 2 aromatic rings. The van der Waals surface area contributed by atoms with Crippen molar-refractivity contribution in [1.82, 2.24) is 4.90 Å². The minimum absolute atomic E-state index is 0.0728. The van der Waals surface area contributed by atoms with Crippen LogP contribution in [-0.4, -0.2) is 27.5 Å². The predicted molar refractivity (Wildman–Crippen MR) is 115 cm³/mol. The average molecular weight is 431 g/mol. The lowest BCUT2D eigenvalue weighted by molar-refractivity contribution is -0.383. The molecule has 2 fully saturated rings. The number of benzene rings is 2. The van der Waals surface area contributed by atoms with Gasteiger partial charge in [-0.1, -0.05) is 54.6 Å². The summed E-state index contributed by atoms with van der Waals surface area (Å²) in [5.74, 6) is -1.54. The number of amides is 3. The summed E-state index contributed by atoms with van der Waals surface area (Å²) in [5, 5.41) is 13.9. The summed E-state index contributed by atoms with van der Waals surface area (Å²) in [6.45, 7) is 0. The van der Waals surface area contributed by atoms with Crippen LogP contribution >= 0.6 is 0 Å². The van der Waals surface area contributed by atoms with Crippen LogP contribution in [0.2, 0.25) is 0 Å². The van der Waals surface area contributed by atoms with E-state index in [1.54, 1.807) is 30.3 Å². The van der Waals surface area contributed by atoms with Crippen LogP contribution in [0.3, 0.4) is 0 Å². The van der Waals surface area contributed by atoms with Crippen LogP contribution in [0, 0.1) is 33.8 Å². The number of rotatable bonds is 6. The monoisotopic (exact) mass is 431 g/mol. The van der Waals surface area contributed by atoms with Crippen molar-refractivity contribution in [1.29, 1.82) is 0 Å². The third-order valence-corrected chi connectivity index (χ3v) is 6.75. The lowest BCUT2D eigenvalue weighted by atomic mass is 9.85. The lowest BCUT2D eigenvalue weighted by Gasteiger charge is -2.28. The van der Waals surface area contributed by atoms with Crippen molar-refractivity contribution in [3.8, 4) is 0 Å². The molecule has 1 heterocycles. The quantitative estimate of drug-likeness (QED) is 0.326. The molecule has 1 saturated heterocycles. The predicted octanol–water partition coefficient (Wildman–Crippen LogP) is 3.47. The number of nitro groups is 1. The van der Waals surface area contributed by atoms with Gasteiger partial charge in [-0.2, -0.15) is 0 Å². The van der Waals surface area contributed by atoms with Gasteiger partial charge in [0.05, 0.1) is 29.2 Å². The highest BCUT2D eigenvalue weighted by Gasteiger charge is 2.60. The first kappa shape index (κ1) is 20.1. The minimum Gasteiger partial charge on any atom is -0.320 e. The molecule has 1 aliphatic heterocycles. The van der Waals surface area contributed by atoms with Crippen LogP contribution in [0.25, 0.3) is 0 Å². The van der Waals surface area contributed by atoms with Crippen molar-refractivity contribution in [2.75, 3.05) is 5.32 Å². The molecule has 8 nitrogen and oxygen atoms in total. The zero-order valence-corrected chi connectivity index (χ0v) is 17.1. The van der Waals surface area contributed by atoms with Gasteiger partial charge in [0, 0.05) is 6.07 Å². The average Bonchev–Trinajstić information content (AvgIpc) is 3.47. The van der Waals surface area contributed by atoms with E-state index in [4.69, 9.17) is 0 Å². The fourth-order valence-corrected chi connectivity index (χ4v) is 5.38. The van der Waals surface area contributed by atoms with Gasteiger partial charge in [0.15, 0.2) is 0 Å². The Bertz CT molecular complexity index is 1120. The largest absolute Gasteiger partial charge is 0.320 e. The van der Waals surface area contributed by atoms with E-state index < -0.39 is 16.9 Å². The second-order valence-corrected chi connectivity index (χ2v) is 8.50. The van der Waals surface area contributed by atoms with E-state index in [1.165, 1.54) is 23.1 Å². The number of nitro benzene ring substituents is 1. The van der Waals surface area contributed by atoms with Gasteiger partial charge in [0.25, 0.3) is 5.69 Å². The highest BCUT2D eigenvalue weighted by Crippen LogP contribution is 2.54. The Morgan fingerprint density at radius 1 is 1.00 bits per heavy atom. The van der Waals surface area contributed by atoms with Crippen molar-refractivity contribution in [2.24, 2.45) is 23.7 Å². The maximum atomic E-state index is 13.3. The van der Waals surface area contributed by atoms with E-state index in [0.29, 0.717) is 5.56 Å². The molecular formula is C24H21N3O5. The van der Waals surface area contributed by atoms with Crippen LogP contribution in [0.5, 0.6) is 0 Å². The van der Waals surface area contributed by atoms with E-state index in [9.17, 15) is 24.5 Å². The first-order chi connectivity index (χ1) is 15.5. The highest BCUT2D eigenvalue weighted by molar-refractivity contribution is 6.07. The maximum Gasteiger partial charge on any atom is 0.292 e. The number of anilines is 1. The molecule has 5 unspecified atom stereocenters. The van der Waals surface area contributed by atoms with E-state index >= 15 is 0 Å². The number of likely N-dealkylation sites (tertiary alicyclic amines) is 1. The standard InChI is InChI=1S/C24H21N3O5/c28-20(25-17-8-4-5-9-18(17)27(31)32)13-19(14-6-2-1-3-7-14)26-23(29)21-15-10-11-16(12-15)22(21)24(26)30/h1-11,15-16,19,21-22H,12-13H2,(H,25,28). The molecule has 8 heteroatoms. The Morgan fingerprint density at radius 2 is 1.59 bits per heavy atom. The molecule has 5 atom stereocenters. The van der Waals surface area contributed by atoms with E-state index in [2.05, 4.69) is 5.32 Å². The number of allylic oxidation sites excluding steroid dienone is 2. The first-order valence-electron chi connectivity index (χ1n) is 10.6. The summed E-state index contributed by atoms with van der Waals surface area (Å²) in [7, 11) is 0. The van der Waals surface area contributed by atoms with Gasteiger partial charge in [-0.15, -0.1) is 0 Å². The topological polar surface area (TPSA) is 110 Å². The Balaban J connectivity index is 1.43. The van der Waals surface area contributed by atoms with E-state index in [0.717, 1.165) is 6.42 Å². The maximum absolute atomic E-state index is 13.3. The second kappa shape index (κ2) is 7.71. The molecule has 2 aromatic carbocycles. The van der Waals surface area contributed by atoms with Crippen LogP contribution in [0.15, 0.2) is 66.7 Å². The number of nitrogens with one attached hydrogen (secondary N) is 1. The summed E-state index contributed by atoms with van der Waals surface area (Å²) in [4.78, 5) is 51.6. The molecule has 3 aliphatic rings. The Morgan fingerprint density at radius 3 is 2.22 bits per heavy atom. The third kappa shape index (κ3) is 3.19. The molecule has 32 heavy (non-hydrogen) atoms. The van der Waals surface area contributed by atoms with Crippen LogP contribution in [0.4, 0.5) is 11.4 Å². The van der Waals surface area contributed by atoms with Gasteiger partial charge in [-0.3, -0.25) is 29.4 Å². The molecule has 5 rings (SSSR count). The summed E-state index contributed by atoms with van der Waals surface area (Å²) in [6.07, 6.45) is 4.70. The van der Waals surface area contributed by atoms with Crippen LogP contribution in [-0.2, 0) is 14.4 Å². The number of para-hydroxylation sites is 2. The molecule has 1 N–H and O–H groups in total. The fraction of sp³-hybridized carbons (Fsp3) is 0.292. The van der Waals surface area contributed by atoms with Crippen molar-refractivity contribution >= 4 is 29.1 Å². The van der Waals surface area contributed by atoms with Gasteiger partial charge in [-0.25, -0.2) is 0 Å². The van der Waals surface area contributed by atoms with Gasteiger partial charge in [-0.05, 0) is 29.9 Å². The molecule has 3 amide bonds. The smallest absolute Gasteiger partial charge is 0.292 e. The number of hydrogen-bond donors (Lipinski definition) is 1. The van der Waals surface area contributed by atoms with Gasteiger partial charge >= 0.3 is 0 Å². The molecule has 2 aliphatic carbocycles. The zero-order valence-electron chi connectivity index (χ0n) is 17.1. The van der Waals surface area contributed by atoms with E-state index in [1.807, 2.05) is 18.2 Å². The molecule has 0 radical (unpaired) electrons. The van der Waals surface area contributed by atoms with Crippen LogP contribution < -0.4 is 5.32 Å². The Kier molecular flexibility index (Phi) is 4.84. The number of fused-ring (bicyclic) bond motifs is 5. The fourth-order valence-electron chi connectivity index (χ4n) is 5.38. The molecule has 0 spiro atoms. The van der Waals surface area contributed by atoms with Crippen molar-refractivity contribution in [2.45, 2.75) is 18.9 Å². The van der Waals surface area contributed by atoms with E-state index in [-0.39, 0.29) is 53.3 Å². The van der Waals surface area contributed by atoms with Crippen molar-refractivity contribution in [3.63, 3.8) is 0 Å². The SMILES string of the molecule is O=C(CC(c1ccccc1)N1C(=O)C2C3C=CC(C3)C2C1=O)Nc1ccccc1[N+](=O)[O-]. The minimum atomic E-state index is -0.774. The summed E-state index contributed by atoms with van der Waals surface area (Å²) in [5.41, 5.74) is 0.530. The number of carbonyl (C=O) groups excluding carboxylic acids is 3. The Hall–Kier alpha value is -3.81. The second-order valence-electron chi connectivity index (χ2n) is 8.50.